The molecule has 118 valence electrons. The lowest BCUT2D eigenvalue weighted by molar-refractivity contribution is -0.0404. The van der Waals surface area contributed by atoms with E-state index in [1.807, 2.05) is 0 Å². The molecule has 0 fully saturated rings. The number of rotatable bonds is 7. The van der Waals surface area contributed by atoms with Crippen LogP contribution in [0.25, 0.3) is 0 Å². The van der Waals surface area contributed by atoms with Crippen LogP contribution in [0.3, 0.4) is 0 Å². The summed E-state index contributed by atoms with van der Waals surface area (Å²) in [4.78, 5) is 36.7. The monoisotopic (exact) mass is 338 g/mol. The minimum Gasteiger partial charge on any atom is -0.320 e. The van der Waals surface area contributed by atoms with Crippen LogP contribution >= 0.6 is 15.2 Å². The summed E-state index contributed by atoms with van der Waals surface area (Å²) in [5.41, 5.74) is 0.858. The highest BCUT2D eigenvalue weighted by Crippen LogP contribution is 2.47. The van der Waals surface area contributed by atoms with Crippen LogP contribution in [0.5, 0.6) is 0 Å². The number of nitrogens with one attached hydrogen (secondary N) is 1. The molecular formula is C9H16N4O6P2. The van der Waals surface area contributed by atoms with Gasteiger partial charge in [-0.2, -0.15) is 5.01 Å². The van der Waals surface area contributed by atoms with E-state index in [4.69, 9.17) is 9.79 Å². The Morgan fingerprint density at radius 3 is 2.10 bits per heavy atom. The first-order valence-electron chi connectivity index (χ1n) is 5.55. The van der Waals surface area contributed by atoms with Crippen LogP contribution in [-0.2, 0) is 9.13 Å². The molecule has 1 rings (SSSR count). The lowest BCUT2D eigenvalue weighted by Crippen LogP contribution is -2.49. The molecular weight excluding hydrogens is 322 g/mol. The molecule has 10 nitrogen and oxygen atoms in total. The second kappa shape index (κ2) is 6.67. The molecule has 1 heterocycles. The fraction of sp³-hybridized carbons (Fsp3) is 0.222. The smallest absolute Gasteiger partial charge is 0.320 e. The molecule has 21 heavy (non-hydrogen) atoms. The highest BCUT2D eigenvalue weighted by Gasteiger charge is 2.34. The fourth-order valence-electron chi connectivity index (χ4n) is 1.36. The van der Waals surface area contributed by atoms with E-state index >= 15 is 0 Å². The van der Waals surface area contributed by atoms with Crippen molar-refractivity contribution in [2.75, 3.05) is 13.1 Å². The molecule has 0 aliphatic carbocycles. The van der Waals surface area contributed by atoms with Gasteiger partial charge in [0, 0.05) is 19.2 Å². The Kier molecular flexibility index (Phi) is 5.66. The maximum Gasteiger partial charge on any atom is 0.376 e. The molecule has 0 atom stereocenters. The van der Waals surface area contributed by atoms with Gasteiger partial charge in [-0.25, -0.2) is 0 Å². The van der Waals surface area contributed by atoms with Crippen LogP contribution in [0.4, 0.5) is 0 Å². The van der Waals surface area contributed by atoms with E-state index < -0.39 is 26.1 Å². The van der Waals surface area contributed by atoms with Crippen molar-refractivity contribution in [3.05, 3.63) is 36.8 Å². The summed E-state index contributed by atoms with van der Waals surface area (Å²) < 4.78 is 22.6. The first-order valence-corrected chi connectivity index (χ1v) is 8.78. The molecule has 0 unspecified atom stereocenters. The zero-order chi connectivity index (χ0) is 16.3. The molecule has 0 aromatic carbocycles. The lowest BCUT2D eigenvalue weighted by atomic mass is 10.5. The summed E-state index contributed by atoms with van der Waals surface area (Å²) in [6.07, 6.45) is 3.60. The highest BCUT2D eigenvalue weighted by atomic mass is 31.2. The molecule has 0 amide bonds. The average Bonchev–Trinajstić information content (AvgIpc) is 2.36. The topological polar surface area (TPSA) is 146 Å². The third kappa shape index (κ3) is 4.90. The Bertz CT molecular complexity index is 567. The van der Waals surface area contributed by atoms with Crippen molar-refractivity contribution in [1.82, 2.24) is 15.7 Å². The predicted octanol–water partition coefficient (Wildman–Crippen LogP) is -0.0941. The Labute approximate surface area is 121 Å². The van der Waals surface area contributed by atoms with Crippen LogP contribution < -0.4 is 5.43 Å². The van der Waals surface area contributed by atoms with Crippen molar-refractivity contribution >= 4 is 20.6 Å². The van der Waals surface area contributed by atoms with E-state index in [2.05, 4.69) is 23.7 Å². The van der Waals surface area contributed by atoms with Gasteiger partial charge < -0.3 is 19.6 Å². The summed E-state index contributed by atoms with van der Waals surface area (Å²) in [7, 11) is -9.55. The standard InChI is InChI=1S/C9H16N4O6P2/c1-3-5-12(6-4-2)13-10-8(20(14,15)16)7-9(11-13)21(17,18)19/h3-4,7,10H,1-2,5-6H2,(H2,14,15,16)(H2,17,18,19). The predicted molar refractivity (Wildman–Crippen MR) is 76.5 cm³/mol. The van der Waals surface area contributed by atoms with E-state index in [1.54, 1.807) is 0 Å². The molecule has 0 bridgehead atoms. The summed E-state index contributed by atoms with van der Waals surface area (Å²) in [6, 6.07) is 0. The molecule has 0 aromatic rings. The van der Waals surface area contributed by atoms with Gasteiger partial charge in [-0.15, -0.1) is 23.5 Å². The van der Waals surface area contributed by atoms with Gasteiger partial charge in [0.2, 0.25) is 0 Å². The SMILES string of the molecule is C=CCN(CC=C)N1N=C(P(=O)(O)O)C=C(P(=O)(O)O)N1. The second-order valence-electron chi connectivity index (χ2n) is 3.93. The van der Waals surface area contributed by atoms with Crippen LogP contribution in [0, 0.1) is 0 Å². The summed E-state index contributed by atoms with van der Waals surface area (Å²) >= 11 is 0. The maximum atomic E-state index is 11.3. The number of hydrazine groups is 2. The maximum absolute atomic E-state index is 11.3. The van der Waals surface area contributed by atoms with Crippen LogP contribution in [-0.4, -0.2) is 48.4 Å². The summed E-state index contributed by atoms with van der Waals surface area (Å²) in [5.74, 6) is 0. The average molecular weight is 338 g/mol. The Morgan fingerprint density at radius 1 is 1.19 bits per heavy atom. The number of hydrazone groups is 1. The van der Waals surface area contributed by atoms with E-state index in [1.165, 1.54) is 17.2 Å². The van der Waals surface area contributed by atoms with E-state index in [-0.39, 0.29) is 13.1 Å². The van der Waals surface area contributed by atoms with Crippen molar-refractivity contribution in [1.29, 1.82) is 0 Å². The van der Waals surface area contributed by atoms with Gasteiger partial charge >= 0.3 is 15.2 Å². The van der Waals surface area contributed by atoms with Crippen molar-refractivity contribution in [3.63, 3.8) is 0 Å². The van der Waals surface area contributed by atoms with Crippen LogP contribution in [0.15, 0.2) is 41.9 Å². The molecule has 1 aliphatic heterocycles. The highest BCUT2D eigenvalue weighted by molar-refractivity contribution is 7.71. The molecule has 0 aromatic heterocycles. The quantitative estimate of drug-likeness (QED) is 0.317. The van der Waals surface area contributed by atoms with Gasteiger partial charge in [-0.1, -0.05) is 12.2 Å². The van der Waals surface area contributed by atoms with Crippen molar-refractivity contribution in [2.45, 2.75) is 0 Å². The number of hydrogen-bond acceptors (Lipinski definition) is 6. The second-order valence-corrected chi connectivity index (χ2v) is 7.04. The van der Waals surface area contributed by atoms with Gasteiger partial charge in [0.25, 0.3) is 0 Å². The van der Waals surface area contributed by atoms with Crippen LogP contribution in [0.2, 0.25) is 0 Å². The van der Waals surface area contributed by atoms with Crippen molar-refractivity contribution < 1.29 is 28.7 Å². The number of hydrogen-bond donors (Lipinski definition) is 5. The Balaban J connectivity index is 3.24. The minimum absolute atomic E-state index is 0.200. The van der Waals surface area contributed by atoms with Crippen LogP contribution in [0.1, 0.15) is 0 Å². The molecule has 0 saturated carbocycles. The van der Waals surface area contributed by atoms with E-state index in [0.717, 1.165) is 5.23 Å². The van der Waals surface area contributed by atoms with Gasteiger partial charge in [-0.05, 0) is 0 Å². The summed E-state index contributed by atoms with van der Waals surface area (Å²) in [6.45, 7) is 7.42. The van der Waals surface area contributed by atoms with E-state index in [9.17, 15) is 18.9 Å². The lowest BCUT2D eigenvalue weighted by Gasteiger charge is -2.34. The van der Waals surface area contributed by atoms with Crippen molar-refractivity contribution in [2.24, 2.45) is 5.10 Å². The van der Waals surface area contributed by atoms with E-state index in [0.29, 0.717) is 6.08 Å². The molecule has 1 aliphatic rings. The third-order valence-electron chi connectivity index (χ3n) is 2.24. The molecule has 12 heteroatoms. The fourth-order valence-corrected chi connectivity index (χ4v) is 2.47. The van der Waals surface area contributed by atoms with Gasteiger partial charge in [0.1, 0.15) is 5.44 Å². The molecule has 0 saturated heterocycles. The minimum atomic E-state index is -4.79. The largest absolute Gasteiger partial charge is 0.376 e. The third-order valence-corrected chi connectivity index (χ3v) is 3.91. The number of nitrogens with zero attached hydrogens (tertiary/aromatic N) is 3. The molecule has 5 N–H and O–H groups in total. The van der Waals surface area contributed by atoms with Gasteiger partial charge in [0.05, 0.1) is 0 Å². The van der Waals surface area contributed by atoms with Gasteiger partial charge in [-0.3, -0.25) is 14.6 Å². The first-order chi connectivity index (χ1) is 9.59. The number of allylic oxidation sites excluding steroid dienone is 1. The zero-order valence-electron chi connectivity index (χ0n) is 10.9. The van der Waals surface area contributed by atoms with Crippen molar-refractivity contribution in [3.8, 4) is 0 Å². The zero-order valence-corrected chi connectivity index (χ0v) is 12.7. The molecule has 0 radical (unpaired) electrons. The Morgan fingerprint density at radius 2 is 1.71 bits per heavy atom. The molecule has 0 spiro atoms. The van der Waals surface area contributed by atoms with Gasteiger partial charge in [0.15, 0.2) is 5.45 Å². The first kappa shape index (κ1) is 17.8. The Hall–Kier alpha value is -1.25. The normalized spacial score (nSPS) is 16.1. The summed E-state index contributed by atoms with van der Waals surface area (Å²) in [5, 5.41) is 5.85.